The maximum Gasteiger partial charge on any atom is 0.178 e. The second-order valence-electron chi connectivity index (χ2n) is 6.08. The van der Waals surface area contributed by atoms with Gasteiger partial charge in [-0.3, -0.25) is 4.68 Å². The first-order valence-electron chi connectivity index (χ1n) is 8.46. The molecule has 1 aliphatic rings. The zero-order valence-electron chi connectivity index (χ0n) is 14.6. The number of nitrogens with zero attached hydrogens (tertiary/aromatic N) is 6. The molecule has 8 heteroatoms. The molecular weight excluding hydrogens is 320 g/mol. The highest BCUT2D eigenvalue weighted by Gasteiger charge is 2.20. The minimum absolute atomic E-state index is 0.632. The van der Waals surface area contributed by atoms with E-state index >= 15 is 0 Å². The summed E-state index contributed by atoms with van der Waals surface area (Å²) in [5.74, 6) is 0. The molecule has 1 fully saturated rings. The maximum atomic E-state index is 5.46. The number of aromatic nitrogens is 5. The number of anilines is 1. The summed E-state index contributed by atoms with van der Waals surface area (Å²) in [6.07, 6.45) is 5.70. The van der Waals surface area contributed by atoms with Crippen LogP contribution < -0.4 is 4.90 Å². The summed E-state index contributed by atoms with van der Waals surface area (Å²) in [6.45, 7) is 6.59. The molecule has 0 spiro atoms. The van der Waals surface area contributed by atoms with Crippen molar-refractivity contribution in [3.8, 4) is 11.3 Å². The first-order chi connectivity index (χ1) is 12.3. The third-order valence-corrected chi connectivity index (χ3v) is 4.46. The van der Waals surface area contributed by atoms with E-state index in [1.165, 1.54) is 0 Å². The molecule has 8 nitrogen and oxygen atoms in total. The van der Waals surface area contributed by atoms with Crippen LogP contribution in [0.25, 0.3) is 16.9 Å². The number of hydrogen-bond acceptors (Lipinski definition) is 6. The van der Waals surface area contributed by atoms with E-state index in [0.717, 1.165) is 61.1 Å². The first kappa shape index (κ1) is 16.0. The second kappa shape index (κ2) is 6.81. The van der Waals surface area contributed by atoms with Gasteiger partial charge < -0.3 is 14.4 Å². The van der Waals surface area contributed by atoms with Gasteiger partial charge in [0.1, 0.15) is 0 Å². The van der Waals surface area contributed by atoms with Crippen LogP contribution in [0.5, 0.6) is 0 Å². The molecule has 4 rings (SSSR count). The maximum absolute atomic E-state index is 5.46. The summed E-state index contributed by atoms with van der Waals surface area (Å²) >= 11 is 0. The summed E-state index contributed by atoms with van der Waals surface area (Å²) < 4.78 is 14.4. The van der Waals surface area contributed by atoms with Gasteiger partial charge in [0.2, 0.25) is 0 Å². The summed E-state index contributed by atoms with van der Waals surface area (Å²) in [6, 6.07) is 2.03. The van der Waals surface area contributed by atoms with Crippen LogP contribution in [-0.4, -0.2) is 64.4 Å². The Morgan fingerprint density at radius 3 is 2.88 bits per heavy atom. The molecule has 1 aliphatic heterocycles. The molecule has 0 radical (unpaired) electrons. The van der Waals surface area contributed by atoms with Crippen molar-refractivity contribution in [3.05, 3.63) is 30.4 Å². The average molecular weight is 342 g/mol. The Morgan fingerprint density at radius 1 is 1.24 bits per heavy atom. The van der Waals surface area contributed by atoms with Gasteiger partial charge in [0.15, 0.2) is 5.65 Å². The average Bonchev–Trinajstić information content (AvgIpc) is 3.23. The molecule has 3 aromatic rings. The van der Waals surface area contributed by atoms with E-state index in [2.05, 4.69) is 15.1 Å². The number of fused-ring (bicyclic) bond motifs is 1. The highest BCUT2D eigenvalue weighted by Crippen LogP contribution is 2.28. The Hall–Kier alpha value is -2.45. The van der Waals surface area contributed by atoms with Gasteiger partial charge in [-0.25, -0.2) is 9.50 Å². The van der Waals surface area contributed by atoms with Crippen LogP contribution in [0.15, 0.2) is 24.7 Å². The molecule has 1 saturated heterocycles. The van der Waals surface area contributed by atoms with Crippen molar-refractivity contribution in [3.63, 3.8) is 0 Å². The Labute approximate surface area is 146 Å². The van der Waals surface area contributed by atoms with Crippen molar-refractivity contribution in [2.45, 2.75) is 13.5 Å². The number of morpholine rings is 1. The summed E-state index contributed by atoms with van der Waals surface area (Å²) in [5.41, 5.74) is 4.90. The minimum atomic E-state index is 0.632. The van der Waals surface area contributed by atoms with E-state index in [1.807, 2.05) is 40.8 Å². The molecule has 132 valence electrons. The fourth-order valence-electron chi connectivity index (χ4n) is 3.22. The number of imidazole rings is 1. The van der Waals surface area contributed by atoms with Crippen molar-refractivity contribution in [1.82, 2.24) is 24.4 Å². The Balaban J connectivity index is 1.75. The van der Waals surface area contributed by atoms with Crippen LogP contribution in [-0.2, 0) is 16.0 Å². The fraction of sp³-hybridized carbons (Fsp3) is 0.471. The van der Waals surface area contributed by atoms with Crippen molar-refractivity contribution in [2.24, 2.45) is 0 Å². The van der Waals surface area contributed by atoms with E-state index in [-0.39, 0.29) is 0 Å². The molecular formula is C17H22N6O2. The zero-order chi connectivity index (χ0) is 17.2. The highest BCUT2D eigenvalue weighted by molar-refractivity contribution is 5.74. The zero-order valence-corrected chi connectivity index (χ0v) is 14.6. The highest BCUT2D eigenvalue weighted by atomic mass is 16.5. The third-order valence-electron chi connectivity index (χ3n) is 4.46. The third kappa shape index (κ3) is 2.98. The van der Waals surface area contributed by atoms with E-state index in [0.29, 0.717) is 6.61 Å². The quantitative estimate of drug-likeness (QED) is 0.698. The van der Waals surface area contributed by atoms with Crippen LogP contribution in [0, 0.1) is 6.92 Å². The molecule has 0 amide bonds. The number of hydrogen-bond donors (Lipinski definition) is 0. The Kier molecular flexibility index (Phi) is 4.37. The lowest BCUT2D eigenvalue weighted by molar-refractivity contribution is 0.123. The molecule has 3 aromatic heterocycles. The van der Waals surface area contributed by atoms with Crippen molar-refractivity contribution in [2.75, 3.05) is 44.9 Å². The van der Waals surface area contributed by atoms with E-state index in [9.17, 15) is 0 Å². The van der Waals surface area contributed by atoms with Gasteiger partial charge in [-0.2, -0.15) is 10.2 Å². The van der Waals surface area contributed by atoms with E-state index in [4.69, 9.17) is 14.5 Å². The van der Waals surface area contributed by atoms with Gasteiger partial charge >= 0.3 is 0 Å². The van der Waals surface area contributed by atoms with Crippen LogP contribution >= 0.6 is 0 Å². The minimum Gasteiger partial charge on any atom is -0.383 e. The van der Waals surface area contributed by atoms with E-state index in [1.54, 1.807) is 7.11 Å². The molecule has 0 unspecified atom stereocenters. The van der Waals surface area contributed by atoms with Gasteiger partial charge in [-0.15, -0.1) is 0 Å². The van der Waals surface area contributed by atoms with Crippen LogP contribution in [0.1, 0.15) is 5.69 Å². The molecule has 0 saturated carbocycles. The molecule has 0 aromatic carbocycles. The predicted molar refractivity (Wildman–Crippen MR) is 93.9 cm³/mol. The molecule has 0 bridgehead atoms. The number of ether oxygens (including phenoxy) is 2. The van der Waals surface area contributed by atoms with Gasteiger partial charge in [-0.1, -0.05) is 0 Å². The number of methoxy groups -OCH3 is 1. The fourth-order valence-corrected chi connectivity index (χ4v) is 3.22. The van der Waals surface area contributed by atoms with Crippen molar-refractivity contribution < 1.29 is 9.47 Å². The second-order valence-corrected chi connectivity index (χ2v) is 6.08. The molecule has 25 heavy (non-hydrogen) atoms. The molecule has 0 N–H and O–H groups in total. The first-order valence-corrected chi connectivity index (χ1v) is 8.46. The number of aryl methyl sites for hydroxylation is 1. The topological polar surface area (TPSA) is 69.7 Å². The molecule has 0 aliphatic carbocycles. The smallest absolute Gasteiger partial charge is 0.178 e. The lowest BCUT2D eigenvalue weighted by Gasteiger charge is -2.28. The number of rotatable bonds is 5. The standard InChI is InChI=1S/C17H22N6O2/c1-13-16(14-11-19-22(12-14)7-8-24-2)23-17(20-13)15(3-4-18-23)21-5-9-25-10-6-21/h3-4,11-12H,5-10H2,1-2H3. The summed E-state index contributed by atoms with van der Waals surface area (Å²) in [5, 5.41) is 8.95. The Morgan fingerprint density at radius 2 is 2.08 bits per heavy atom. The SMILES string of the molecule is COCCn1cc(-c2c(C)nc3c(N4CCOCC4)ccnn23)cn1. The van der Waals surface area contributed by atoms with Crippen molar-refractivity contribution >= 4 is 11.3 Å². The van der Waals surface area contributed by atoms with Gasteiger partial charge in [-0.05, 0) is 13.0 Å². The van der Waals surface area contributed by atoms with Crippen LogP contribution in [0.3, 0.4) is 0 Å². The largest absolute Gasteiger partial charge is 0.383 e. The molecule has 0 atom stereocenters. The van der Waals surface area contributed by atoms with Crippen LogP contribution in [0.2, 0.25) is 0 Å². The van der Waals surface area contributed by atoms with Gasteiger partial charge in [0.25, 0.3) is 0 Å². The normalized spacial score (nSPS) is 15.2. The lowest BCUT2D eigenvalue weighted by atomic mass is 10.2. The van der Waals surface area contributed by atoms with E-state index < -0.39 is 0 Å². The van der Waals surface area contributed by atoms with Gasteiger partial charge in [0.05, 0.1) is 55.8 Å². The lowest BCUT2D eigenvalue weighted by Crippen LogP contribution is -2.36. The summed E-state index contributed by atoms with van der Waals surface area (Å²) in [7, 11) is 1.69. The monoisotopic (exact) mass is 342 g/mol. The summed E-state index contributed by atoms with van der Waals surface area (Å²) in [4.78, 5) is 7.10. The molecule has 4 heterocycles. The van der Waals surface area contributed by atoms with Gasteiger partial charge in [0, 0.05) is 32.0 Å². The van der Waals surface area contributed by atoms with Crippen LogP contribution in [0.4, 0.5) is 5.69 Å². The van der Waals surface area contributed by atoms with Crippen molar-refractivity contribution in [1.29, 1.82) is 0 Å². The Bertz CT molecular complexity index is 865. The predicted octanol–water partition coefficient (Wildman–Crippen LogP) is 1.38.